The van der Waals surface area contributed by atoms with Crippen molar-refractivity contribution in [1.82, 2.24) is 19.7 Å². The quantitative estimate of drug-likeness (QED) is 0.849. The van der Waals surface area contributed by atoms with Crippen LogP contribution in [0, 0.1) is 13.8 Å². The Hall–Kier alpha value is -1.41. The molecule has 4 nitrogen and oxygen atoms in total. The van der Waals surface area contributed by atoms with Gasteiger partial charge < -0.3 is 0 Å². The Morgan fingerprint density at radius 1 is 1.35 bits per heavy atom. The van der Waals surface area contributed by atoms with Gasteiger partial charge in [0.15, 0.2) is 5.69 Å². The van der Waals surface area contributed by atoms with Crippen LogP contribution in [0.1, 0.15) is 40.2 Å². The van der Waals surface area contributed by atoms with Crippen molar-refractivity contribution < 1.29 is 13.2 Å². The van der Waals surface area contributed by atoms with E-state index < -0.39 is 11.9 Å². The number of likely N-dealkylation sites (tertiary alicyclic amines) is 1. The highest BCUT2D eigenvalue weighted by molar-refractivity contribution is 7.11. The predicted molar refractivity (Wildman–Crippen MR) is 82.4 cm³/mol. The molecule has 8 heteroatoms. The van der Waals surface area contributed by atoms with Crippen molar-refractivity contribution in [3.8, 4) is 0 Å². The maximum absolute atomic E-state index is 12.7. The molecule has 1 unspecified atom stereocenters. The maximum Gasteiger partial charge on any atom is 0.435 e. The Morgan fingerprint density at radius 3 is 2.74 bits per heavy atom. The number of nitrogens with zero attached hydrogens (tertiary/aromatic N) is 4. The van der Waals surface area contributed by atoms with Gasteiger partial charge in [-0.05, 0) is 39.3 Å². The van der Waals surface area contributed by atoms with E-state index in [1.54, 1.807) is 11.3 Å². The second kappa shape index (κ2) is 6.24. The number of aromatic nitrogens is 3. The minimum Gasteiger partial charge on any atom is -0.296 e. The van der Waals surface area contributed by atoms with Crippen LogP contribution in [-0.4, -0.2) is 32.8 Å². The third-order valence-corrected chi connectivity index (χ3v) is 5.18. The van der Waals surface area contributed by atoms with Crippen molar-refractivity contribution in [2.24, 2.45) is 0 Å². The van der Waals surface area contributed by atoms with Crippen LogP contribution in [0.3, 0.4) is 0 Å². The van der Waals surface area contributed by atoms with Crippen molar-refractivity contribution in [2.45, 2.75) is 45.5 Å². The fourth-order valence-electron chi connectivity index (χ4n) is 3.01. The van der Waals surface area contributed by atoms with E-state index in [-0.39, 0.29) is 6.04 Å². The molecule has 3 heterocycles. The number of alkyl halides is 3. The van der Waals surface area contributed by atoms with Gasteiger partial charge in [-0.15, -0.1) is 11.3 Å². The molecular formula is C15H19F3N4S. The number of rotatable bonds is 3. The SMILES string of the molecule is Cc1nc(C)c(CN2CCCC(n3ccc(C(F)(F)F)n3)C2)s1. The van der Waals surface area contributed by atoms with Crippen LogP contribution in [0.5, 0.6) is 0 Å². The molecule has 2 aromatic rings. The van der Waals surface area contributed by atoms with Gasteiger partial charge in [-0.1, -0.05) is 0 Å². The molecule has 1 fully saturated rings. The fourth-order valence-corrected chi connectivity index (χ4v) is 3.99. The summed E-state index contributed by atoms with van der Waals surface area (Å²) in [7, 11) is 0. The normalized spacial score (nSPS) is 20.1. The van der Waals surface area contributed by atoms with Crippen LogP contribution in [0.2, 0.25) is 0 Å². The van der Waals surface area contributed by atoms with Crippen molar-refractivity contribution >= 4 is 11.3 Å². The average molecular weight is 344 g/mol. The van der Waals surface area contributed by atoms with Gasteiger partial charge in [-0.3, -0.25) is 9.58 Å². The third-order valence-electron chi connectivity index (χ3n) is 4.12. The van der Waals surface area contributed by atoms with E-state index in [1.807, 2.05) is 13.8 Å². The zero-order valence-electron chi connectivity index (χ0n) is 13.1. The van der Waals surface area contributed by atoms with Gasteiger partial charge in [-0.2, -0.15) is 18.3 Å². The first-order valence-electron chi connectivity index (χ1n) is 7.60. The molecule has 0 N–H and O–H groups in total. The van der Waals surface area contributed by atoms with Gasteiger partial charge in [0, 0.05) is 24.2 Å². The maximum atomic E-state index is 12.7. The molecule has 0 aromatic carbocycles. The summed E-state index contributed by atoms with van der Waals surface area (Å²) in [6.07, 6.45) is -1.12. The van der Waals surface area contributed by atoms with Crippen molar-refractivity contribution in [2.75, 3.05) is 13.1 Å². The zero-order valence-corrected chi connectivity index (χ0v) is 13.9. The highest BCUT2D eigenvalue weighted by Gasteiger charge is 2.34. The number of hydrogen-bond acceptors (Lipinski definition) is 4. The molecule has 2 aromatic heterocycles. The topological polar surface area (TPSA) is 34.0 Å². The molecule has 0 aliphatic carbocycles. The highest BCUT2D eigenvalue weighted by Crippen LogP contribution is 2.30. The number of hydrogen-bond donors (Lipinski definition) is 0. The molecule has 0 spiro atoms. The molecule has 3 rings (SSSR count). The number of piperidine rings is 1. The predicted octanol–water partition coefficient (Wildman–Crippen LogP) is 3.81. The summed E-state index contributed by atoms with van der Waals surface area (Å²) < 4.78 is 39.5. The number of aryl methyl sites for hydroxylation is 2. The highest BCUT2D eigenvalue weighted by atomic mass is 32.1. The summed E-state index contributed by atoms with van der Waals surface area (Å²) in [6.45, 7) is 6.48. The van der Waals surface area contributed by atoms with Gasteiger partial charge in [0.05, 0.1) is 16.7 Å². The largest absolute Gasteiger partial charge is 0.435 e. The van der Waals surface area contributed by atoms with Crippen molar-refractivity contribution in [1.29, 1.82) is 0 Å². The molecule has 0 saturated carbocycles. The molecule has 23 heavy (non-hydrogen) atoms. The Balaban J connectivity index is 1.68. The van der Waals surface area contributed by atoms with E-state index in [0.717, 1.165) is 49.2 Å². The Morgan fingerprint density at radius 2 is 2.13 bits per heavy atom. The van der Waals surface area contributed by atoms with Crippen LogP contribution in [0.4, 0.5) is 13.2 Å². The molecule has 1 aliphatic rings. The molecule has 0 bridgehead atoms. The summed E-state index contributed by atoms with van der Waals surface area (Å²) in [6, 6.07) is 1.05. The van der Waals surface area contributed by atoms with Crippen LogP contribution in [0.15, 0.2) is 12.3 Å². The standard InChI is InChI=1S/C15H19F3N4S/c1-10-13(23-11(2)19-10)9-21-6-3-4-12(8-21)22-7-5-14(20-22)15(16,17)18/h5,7,12H,3-4,6,8-9H2,1-2H3. The van der Waals surface area contributed by atoms with Gasteiger partial charge >= 0.3 is 6.18 Å². The molecule has 0 amide bonds. The first-order valence-corrected chi connectivity index (χ1v) is 8.42. The smallest absolute Gasteiger partial charge is 0.296 e. The van der Waals surface area contributed by atoms with Crippen LogP contribution in [0.25, 0.3) is 0 Å². The molecule has 1 saturated heterocycles. The lowest BCUT2D eigenvalue weighted by Crippen LogP contribution is -2.36. The monoisotopic (exact) mass is 344 g/mol. The van der Waals surface area contributed by atoms with Gasteiger partial charge in [0.2, 0.25) is 0 Å². The molecule has 126 valence electrons. The third kappa shape index (κ3) is 3.74. The molecule has 0 radical (unpaired) electrons. The van der Waals surface area contributed by atoms with E-state index in [4.69, 9.17) is 0 Å². The molecule has 1 aliphatic heterocycles. The van der Waals surface area contributed by atoms with Crippen LogP contribution >= 0.6 is 11.3 Å². The van der Waals surface area contributed by atoms with Gasteiger partial charge in [0.25, 0.3) is 0 Å². The number of halogens is 3. The van der Waals surface area contributed by atoms with Crippen LogP contribution in [-0.2, 0) is 12.7 Å². The minimum atomic E-state index is -4.38. The van der Waals surface area contributed by atoms with E-state index >= 15 is 0 Å². The Bertz CT molecular complexity index is 677. The number of thiazole rings is 1. The second-order valence-electron chi connectivity index (χ2n) is 5.95. The zero-order chi connectivity index (χ0) is 16.6. The van der Waals surface area contributed by atoms with Crippen molar-refractivity contribution in [3.05, 3.63) is 33.5 Å². The van der Waals surface area contributed by atoms with E-state index in [2.05, 4.69) is 15.0 Å². The summed E-state index contributed by atoms with van der Waals surface area (Å²) in [4.78, 5) is 7.95. The fraction of sp³-hybridized carbons (Fsp3) is 0.600. The molecule has 1 atom stereocenters. The Kier molecular flexibility index (Phi) is 4.46. The van der Waals surface area contributed by atoms with Crippen LogP contribution < -0.4 is 0 Å². The summed E-state index contributed by atoms with van der Waals surface area (Å²) >= 11 is 1.69. The first kappa shape index (κ1) is 16.4. The van der Waals surface area contributed by atoms with E-state index in [0.29, 0.717) is 0 Å². The summed E-state index contributed by atoms with van der Waals surface area (Å²) in [5, 5.41) is 4.77. The Labute approximate surface area is 136 Å². The lowest BCUT2D eigenvalue weighted by atomic mass is 10.1. The summed E-state index contributed by atoms with van der Waals surface area (Å²) in [5.41, 5.74) is 0.233. The van der Waals surface area contributed by atoms with E-state index in [9.17, 15) is 13.2 Å². The summed E-state index contributed by atoms with van der Waals surface area (Å²) in [5.74, 6) is 0. The second-order valence-corrected chi connectivity index (χ2v) is 7.24. The van der Waals surface area contributed by atoms with Crippen molar-refractivity contribution in [3.63, 3.8) is 0 Å². The van der Waals surface area contributed by atoms with E-state index in [1.165, 1.54) is 15.8 Å². The lowest BCUT2D eigenvalue weighted by molar-refractivity contribution is -0.141. The lowest BCUT2D eigenvalue weighted by Gasteiger charge is -2.32. The van der Waals surface area contributed by atoms with Gasteiger partial charge in [0.1, 0.15) is 0 Å². The minimum absolute atomic E-state index is 0.00539. The first-order chi connectivity index (χ1) is 10.8. The van der Waals surface area contributed by atoms with Gasteiger partial charge in [-0.25, -0.2) is 4.98 Å². The molecular weight excluding hydrogens is 325 g/mol. The average Bonchev–Trinajstić information content (AvgIpc) is 3.06.